The number of nitrogens with zero attached hydrogens (tertiary/aromatic N) is 2. The second kappa shape index (κ2) is 1.34. The van der Waals surface area contributed by atoms with E-state index in [2.05, 4.69) is 5.10 Å². The summed E-state index contributed by atoms with van der Waals surface area (Å²) in [5.41, 5.74) is 0. The van der Waals surface area contributed by atoms with Gasteiger partial charge in [-0.05, 0) is 18.9 Å². The zero-order chi connectivity index (χ0) is 5.40. The van der Waals surface area contributed by atoms with Crippen LogP contribution in [0.25, 0.3) is 0 Å². The van der Waals surface area contributed by atoms with Crippen molar-refractivity contribution in [3.05, 3.63) is 24.5 Å². The smallest absolute Gasteiger partial charge is 0.0880 e. The van der Waals surface area contributed by atoms with Crippen LogP contribution in [0.3, 0.4) is 0 Å². The molecule has 2 heteroatoms. The van der Waals surface area contributed by atoms with E-state index in [1.54, 1.807) is 0 Å². The molecule has 0 aromatic carbocycles. The van der Waals surface area contributed by atoms with E-state index in [1.165, 1.54) is 18.9 Å². The number of hydrogen-bond donors (Lipinski definition) is 0. The Morgan fingerprint density at radius 3 is 2.88 bits per heavy atom. The van der Waals surface area contributed by atoms with Gasteiger partial charge in [-0.2, -0.15) is 5.10 Å². The molecule has 0 bridgehead atoms. The summed E-state index contributed by atoms with van der Waals surface area (Å²) in [7, 11) is 0. The minimum Gasteiger partial charge on any atom is -0.264 e. The van der Waals surface area contributed by atoms with Crippen molar-refractivity contribution in [2.75, 3.05) is 0 Å². The lowest BCUT2D eigenvalue weighted by atomic mass is 10.7. The molecule has 2 rings (SSSR count). The molecule has 1 saturated carbocycles. The molecule has 0 unspecified atom stereocenters. The quantitative estimate of drug-likeness (QED) is 0.524. The van der Waals surface area contributed by atoms with Crippen LogP contribution in [0.1, 0.15) is 12.8 Å². The van der Waals surface area contributed by atoms with Crippen molar-refractivity contribution < 1.29 is 0 Å². The molecule has 0 N–H and O–H groups in total. The van der Waals surface area contributed by atoms with Gasteiger partial charge in [-0.3, -0.25) is 4.68 Å². The van der Waals surface area contributed by atoms with E-state index < -0.39 is 0 Å². The van der Waals surface area contributed by atoms with Gasteiger partial charge in [0.1, 0.15) is 0 Å². The van der Waals surface area contributed by atoms with E-state index in [0.717, 1.165) is 0 Å². The predicted octanol–water partition coefficient (Wildman–Crippen LogP) is 1.06. The van der Waals surface area contributed by atoms with Crippen LogP contribution < -0.4 is 0 Å². The summed E-state index contributed by atoms with van der Waals surface area (Å²) in [6.07, 6.45) is 6.27. The molecular weight excluding hydrogens is 100 g/mol. The van der Waals surface area contributed by atoms with E-state index in [9.17, 15) is 0 Å². The van der Waals surface area contributed by atoms with Gasteiger partial charge in [0.15, 0.2) is 0 Å². The Balaban J connectivity index is 2.28. The molecule has 8 heavy (non-hydrogen) atoms. The van der Waals surface area contributed by atoms with Crippen LogP contribution in [0.5, 0.6) is 0 Å². The molecule has 1 heterocycles. The van der Waals surface area contributed by atoms with E-state index in [0.29, 0.717) is 0 Å². The van der Waals surface area contributed by atoms with Gasteiger partial charge in [-0.25, -0.2) is 0 Å². The van der Waals surface area contributed by atoms with Crippen molar-refractivity contribution in [3.8, 4) is 0 Å². The van der Waals surface area contributed by atoms with Crippen molar-refractivity contribution in [2.24, 2.45) is 0 Å². The summed E-state index contributed by atoms with van der Waals surface area (Å²) in [6, 6.07) is 3.39. The van der Waals surface area contributed by atoms with Gasteiger partial charge in [-0.1, -0.05) is 0 Å². The molecule has 1 aromatic heterocycles. The van der Waals surface area contributed by atoms with Crippen molar-refractivity contribution in [2.45, 2.75) is 12.8 Å². The van der Waals surface area contributed by atoms with Gasteiger partial charge in [-0.15, -0.1) is 0 Å². The first-order valence-corrected chi connectivity index (χ1v) is 2.81. The van der Waals surface area contributed by atoms with E-state index >= 15 is 0 Å². The lowest BCUT2D eigenvalue weighted by molar-refractivity contribution is 0.785. The van der Waals surface area contributed by atoms with Crippen LogP contribution in [0.2, 0.25) is 0 Å². The summed E-state index contributed by atoms with van der Waals surface area (Å²) in [5.74, 6) is 0. The Labute approximate surface area is 48.1 Å². The van der Waals surface area contributed by atoms with Crippen LogP contribution in [-0.4, -0.2) is 9.78 Å². The molecule has 0 spiro atoms. The van der Waals surface area contributed by atoms with Gasteiger partial charge >= 0.3 is 0 Å². The monoisotopic (exact) mass is 107 g/mol. The van der Waals surface area contributed by atoms with Gasteiger partial charge in [0.25, 0.3) is 0 Å². The zero-order valence-corrected chi connectivity index (χ0v) is 4.54. The second-order valence-corrected chi connectivity index (χ2v) is 2.02. The maximum Gasteiger partial charge on any atom is 0.0880 e. The molecule has 1 aromatic rings. The molecular formula is C6H7N2. The normalized spacial score (nSPS) is 19.0. The predicted molar refractivity (Wildman–Crippen MR) is 30.1 cm³/mol. The summed E-state index contributed by atoms with van der Waals surface area (Å²) in [4.78, 5) is 0. The molecule has 1 aliphatic carbocycles. The van der Waals surface area contributed by atoms with E-state index in [-0.39, 0.29) is 0 Å². The number of hydrogen-bond acceptors (Lipinski definition) is 1. The first-order valence-electron chi connectivity index (χ1n) is 2.81. The first kappa shape index (κ1) is 4.13. The molecule has 1 fully saturated rings. The molecule has 0 saturated heterocycles. The molecule has 1 aliphatic rings. The number of aromatic nitrogens is 2. The Morgan fingerprint density at radius 2 is 2.38 bits per heavy atom. The molecule has 0 amide bonds. The van der Waals surface area contributed by atoms with Crippen LogP contribution in [-0.2, 0) is 0 Å². The fourth-order valence-corrected chi connectivity index (χ4v) is 0.741. The summed E-state index contributed by atoms with van der Waals surface area (Å²) < 4.78 is 1.94. The summed E-state index contributed by atoms with van der Waals surface area (Å²) in [5, 5.41) is 4.06. The van der Waals surface area contributed by atoms with Gasteiger partial charge in [0.05, 0.1) is 6.04 Å². The topological polar surface area (TPSA) is 17.8 Å². The third kappa shape index (κ3) is 0.529. The number of rotatable bonds is 1. The summed E-state index contributed by atoms with van der Waals surface area (Å²) >= 11 is 0. The van der Waals surface area contributed by atoms with Crippen LogP contribution >= 0.6 is 0 Å². The molecule has 41 valence electrons. The molecule has 1 radical (unpaired) electrons. The Kier molecular flexibility index (Phi) is 0.692. The highest BCUT2D eigenvalue weighted by Crippen LogP contribution is 2.31. The van der Waals surface area contributed by atoms with Crippen LogP contribution in [0.4, 0.5) is 0 Å². The molecule has 2 nitrogen and oxygen atoms in total. The Morgan fingerprint density at radius 1 is 1.50 bits per heavy atom. The van der Waals surface area contributed by atoms with Crippen molar-refractivity contribution in [1.82, 2.24) is 9.78 Å². The van der Waals surface area contributed by atoms with Gasteiger partial charge in [0.2, 0.25) is 0 Å². The van der Waals surface area contributed by atoms with Gasteiger partial charge < -0.3 is 0 Å². The van der Waals surface area contributed by atoms with Crippen LogP contribution in [0.15, 0.2) is 18.5 Å². The van der Waals surface area contributed by atoms with E-state index in [1.807, 2.05) is 23.1 Å². The van der Waals surface area contributed by atoms with Crippen LogP contribution in [0, 0.1) is 6.04 Å². The Bertz CT molecular complexity index is 163. The standard InChI is InChI=1S/C6H7N2/c1-4-7-8(5-1)6-2-3-6/h1,4-5H,2-3H2. The lowest BCUT2D eigenvalue weighted by Gasteiger charge is -1.89. The minimum absolute atomic E-state index is 1.24. The first-order chi connectivity index (χ1) is 3.97. The van der Waals surface area contributed by atoms with Gasteiger partial charge in [0, 0.05) is 12.4 Å². The molecule has 0 aliphatic heterocycles. The summed E-state index contributed by atoms with van der Waals surface area (Å²) in [6.45, 7) is 0. The third-order valence-corrected chi connectivity index (χ3v) is 1.30. The van der Waals surface area contributed by atoms with Crippen molar-refractivity contribution in [1.29, 1.82) is 0 Å². The van der Waals surface area contributed by atoms with Crippen molar-refractivity contribution in [3.63, 3.8) is 0 Å². The van der Waals surface area contributed by atoms with E-state index in [4.69, 9.17) is 0 Å². The van der Waals surface area contributed by atoms with Crippen molar-refractivity contribution >= 4 is 0 Å². The maximum atomic E-state index is 4.06. The third-order valence-electron chi connectivity index (χ3n) is 1.30. The largest absolute Gasteiger partial charge is 0.264 e. The highest BCUT2D eigenvalue weighted by atomic mass is 15.3. The highest BCUT2D eigenvalue weighted by molar-refractivity contribution is 5.06. The molecule has 0 atom stereocenters. The Hall–Kier alpha value is -0.790. The lowest BCUT2D eigenvalue weighted by Crippen LogP contribution is -1.92. The average Bonchev–Trinajstić information content (AvgIpc) is 2.49. The fourth-order valence-electron chi connectivity index (χ4n) is 0.741. The highest BCUT2D eigenvalue weighted by Gasteiger charge is 2.24. The fraction of sp³-hybridized carbons (Fsp3) is 0.333. The minimum atomic E-state index is 1.24. The second-order valence-electron chi connectivity index (χ2n) is 2.02. The maximum absolute atomic E-state index is 4.06. The SMILES string of the molecule is c1cnn([C]2CC2)c1. The zero-order valence-electron chi connectivity index (χ0n) is 4.54. The average molecular weight is 107 g/mol.